The topological polar surface area (TPSA) is 54.9 Å². The molecule has 2 aromatic rings. The normalized spacial score (nSPS) is 10.3. The van der Waals surface area contributed by atoms with Crippen molar-refractivity contribution in [3.05, 3.63) is 39.1 Å². The van der Waals surface area contributed by atoms with Crippen molar-refractivity contribution in [2.75, 3.05) is 5.32 Å². The average Bonchev–Trinajstić information content (AvgIpc) is 2.67. The number of amides is 1. The third kappa shape index (κ3) is 2.94. The number of halogens is 2. The number of carbonyl (C=O) groups excluding carboxylic acids is 1. The standard InChI is InChI=1S/C10H7Cl2N3OS/c1-5-4-13-10(17-5)15-9(16)8-6(11)2-3-7(12)14-8/h2-4H,1H3,(H,13,15,16). The van der Waals surface area contributed by atoms with Crippen LogP contribution in [0.2, 0.25) is 10.2 Å². The molecule has 0 bridgehead atoms. The number of thiazole rings is 1. The second-order valence-electron chi connectivity index (χ2n) is 3.19. The van der Waals surface area contributed by atoms with Gasteiger partial charge in [0.15, 0.2) is 5.13 Å². The van der Waals surface area contributed by atoms with Gasteiger partial charge in [-0.1, -0.05) is 23.2 Å². The van der Waals surface area contributed by atoms with Crippen LogP contribution in [0.1, 0.15) is 15.4 Å². The van der Waals surface area contributed by atoms with E-state index in [4.69, 9.17) is 23.2 Å². The lowest BCUT2D eigenvalue weighted by Crippen LogP contribution is -2.14. The van der Waals surface area contributed by atoms with Gasteiger partial charge in [-0.15, -0.1) is 11.3 Å². The number of hydrogen-bond acceptors (Lipinski definition) is 4. The van der Waals surface area contributed by atoms with Gasteiger partial charge in [-0.2, -0.15) is 0 Å². The number of hydrogen-bond donors (Lipinski definition) is 1. The molecule has 0 saturated heterocycles. The van der Waals surface area contributed by atoms with Gasteiger partial charge in [-0.05, 0) is 19.1 Å². The number of aryl methyl sites for hydroxylation is 1. The van der Waals surface area contributed by atoms with E-state index in [1.54, 1.807) is 6.20 Å². The van der Waals surface area contributed by atoms with Gasteiger partial charge in [0.25, 0.3) is 5.91 Å². The molecule has 2 aromatic heterocycles. The average molecular weight is 288 g/mol. The summed E-state index contributed by atoms with van der Waals surface area (Å²) in [5, 5.41) is 3.58. The zero-order chi connectivity index (χ0) is 12.4. The molecule has 0 aliphatic rings. The van der Waals surface area contributed by atoms with E-state index in [2.05, 4.69) is 15.3 Å². The Labute approximate surface area is 112 Å². The molecule has 7 heteroatoms. The molecule has 88 valence electrons. The van der Waals surface area contributed by atoms with E-state index in [1.165, 1.54) is 23.5 Å². The Morgan fingerprint density at radius 3 is 2.82 bits per heavy atom. The largest absolute Gasteiger partial charge is 0.296 e. The molecule has 0 atom stereocenters. The minimum absolute atomic E-state index is 0.0898. The summed E-state index contributed by atoms with van der Waals surface area (Å²) in [4.78, 5) is 20.7. The first-order chi connectivity index (χ1) is 8.06. The maximum atomic E-state index is 11.8. The number of aromatic nitrogens is 2. The summed E-state index contributed by atoms with van der Waals surface area (Å²) in [6.45, 7) is 1.90. The molecule has 1 amide bonds. The first kappa shape index (κ1) is 12.3. The molecule has 0 radical (unpaired) electrons. The summed E-state index contributed by atoms with van der Waals surface area (Å²) in [7, 11) is 0. The van der Waals surface area contributed by atoms with Crippen molar-refractivity contribution < 1.29 is 4.79 Å². The molecule has 0 unspecified atom stereocenters. The van der Waals surface area contributed by atoms with E-state index >= 15 is 0 Å². The monoisotopic (exact) mass is 287 g/mol. The molecule has 0 aromatic carbocycles. The fourth-order valence-electron chi connectivity index (χ4n) is 1.15. The summed E-state index contributed by atoms with van der Waals surface area (Å²) in [5.41, 5.74) is 0.0898. The summed E-state index contributed by atoms with van der Waals surface area (Å²) in [6, 6.07) is 3.05. The van der Waals surface area contributed by atoms with Gasteiger partial charge >= 0.3 is 0 Å². The molecule has 4 nitrogen and oxygen atoms in total. The lowest BCUT2D eigenvalue weighted by molar-refractivity contribution is 0.102. The maximum absolute atomic E-state index is 11.8. The smallest absolute Gasteiger partial charge is 0.277 e. The van der Waals surface area contributed by atoms with Gasteiger partial charge in [0.05, 0.1) is 5.02 Å². The van der Waals surface area contributed by atoms with Gasteiger partial charge in [-0.25, -0.2) is 9.97 Å². The Morgan fingerprint density at radius 1 is 1.41 bits per heavy atom. The van der Waals surface area contributed by atoms with E-state index in [0.29, 0.717) is 5.13 Å². The highest BCUT2D eigenvalue weighted by Crippen LogP contribution is 2.20. The van der Waals surface area contributed by atoms with Crippen molar-refractivity contribution in [1.29, 1.82) is 0 Å². The van der Waals surface area contributed by atoms with Crippen molar-refractivity contribution in [2.24, 2.45) is 0 Å². The minimum atomic E-state index is -0.424. The zero-order valence-electron chi connectivity index (χ0n) is 8.70. The summed E-state index contributed by atoms with van der Waals surface area (Å²) >= 11 is 12.9. The van der Waals surface area contributed by atoms with E-state index < -0.39 is 5.91 Å². The number of nitrogens with zero attached hydrogens (tertiary/aromatic N) is 2. The van der Waals surface area contributed by atoms with Crippen LogP contribution < -0.4 is 5.32 Å². The molecule has 17 heavy (non-hydrogen) atoms. The highest BCUT2D eigenvalue weighted by molar-refractivity contribution is 7.15. The highest BCUT2D eigenvalue weighted by atomic mass is 35.5. The number of carbonyl (C=O) groups is 1. The first-order valence-electron chi connectivity index (χ1n) is 4.62. The van der Waals surface area contributed by atoms with Crippen LogP contribution in [0.4, 0.5) is 5.13 Å². The van der Waals surface area contributed by atoms with Gasteiger partial charge in [-0.3, -0.25) is 10.1 Å². The molecule has 0 aliphatic heterocycles. The molecular formula is C10H7Cl2N3OS. The molecule has 0 spiro atoms. The Morgan fingerprint density at radius 2 is 2.18 bits per heavy atom. The fourth-order valence-corrected chi connectivity index (χ4v) is 2.14. The Balaban J connectivity index is 2.22. The van der Waals surface area contributed by atoms with Crippen LogP contribution in [0.15, 0.2) is 18.3 Å². The Kier molecular flexibility index (Phi) is 3.61. The van der Waals surface area contributed by atoms with Gasteiger partial charge < -0.3 is 0 Å². The van der Waals surface area contributed by atoms with E-state index in [1.807, 2.05) is 6.92 Å². The van der Waals surface area contributed by atoms with Crippen molar-refractivity contribution in [2.45, 2.75) is 6.92 Å². The van der Waals surface area contributed by atoms with Crippen LogP contribution in [-0.4, -0.2) is 15.9 Å². The predicted molar refractivity (Wildman–Crippen MR) is 69.1 cm³/mol. The SMILES string of the molecule is Cc1cnc(NC(=O)c2nc(Cl)ccc2Cl)s1. The summed E-state index contributed by atoms with van der Waals surface area (Å²) in [6.07, 6.45) is 1.67. The van der Waals surface area contributed by atoms with Crippen molar-refractivity contribution >= 4 is 45.6 Å². The van der Waals surface area contributed by atoms with E-state index in [9.17, 15) is 4.79 Å². The molecule has 0 aliphatic carbocycles. The van der Waals surface area contributed by atoms with Crippen molar-refractivity contribution in [3.8, 4) is 0 Å². The van der Waals surface area contributed by atoms with Gasteiger partial charge in [0, 0.05) is 11.1 Å². The van der Waals surface area contributed by atoms with Crippen LogP contribution >= 0.6 is 34.5 Å². The van der Waals surface area contributed by atoms with E-state index in [0.717, 1.165) is 4.88 Å². The molecule has 2 rings (SSSR count). The van der Waals surface area contributed by atoms with Crippen LogP contribution in [0, 0.1) is 6.92 Å². The summed E-state index contributed by atoms with van der Waals surface area (Å²) in [5.74, 6) is -0.424. The Bertz CT molecular complexity index is 570. The molecular weight excluding hydrogens is 281 g/mol. The first-order valence-corrected chi connectivity index (χ1v) is 6.19. The predicted octanol–water partition coefficient (Wildman–Crippen LogP) is 3.41. The number of pyridine rings is 1. The highest BCUT2D eigenvalue weighted by Gasteiger charge is 2.14. The maximum Gasteiger partial charge on any atom is 0.277 e. The number of nitrogens with one attached hydrogen (secondary N) is 1. The number of rotatable bonds is 2. The quantitative estimate of drug-likeness (QED) is 0.862. The van der Waals surface area contributed by atoms with Crippen LogP contribution in [0.3, 0.4) is 0 Å². The van der Waals surface area contributed by atoms with Crippen LogP contribution in [-0.2, 0) is 0 Å². The molecule has 0 saturated carbocycles. The van der Waals surface area contributed by atoms with Gasteiger partial charge in [0.1, 0.15) is 10.8 Å². The molecule has 2 heterocycles. The van der Waals surface area contributed by atoms with Crippen LogP contribution in [0.25, 0.3) is 0 Å². The zero-order valence-corrected chi connectivity index (χ0v) is 11.0. The molecule has 0 fully saturated rings. The lowest BCUT2D eigenvalue weighted by Gasteiger charge is -2.03. The second kappa shape index (κ2) is 5.00. The van der Waals surface area contributed by atoms with Crippen molar-refractivity contribution in [3.63, 3.8) is 0 Å². The second-order valence-corrected chi connectivity index (χ2v) is 5.22. The van der Waals surface area contributed by atoms with Gasteiger partial charge in [0.2, 0.25) is 0 Å². The minimum Gasteiger partial charge on any atom is -0.296 e. The van der Waals surface area contributed by atoms with E-state index in [-0.39, 0.29) is 15.9 Å². The Hall–Kier alpha value is -1.17. The number of anilines is 1. The van der Waals surface area contributed by atoms with Crippen LogP contribution in [0.5, 0.6) is 0 Å². The third-order valence-electron chi connectivity index (χ3n) is 1.87. The fraction of sp³-hybridized carbons (Fsp3) is 0.100. The lowest BCUT2D eigenvalue weighted by atomic mass is 10.3. The van der Waals surface area contributed by atoms with Crippen molar-refractivity contribution in [1.82, 2.24) is 9.97 Å². The summed E-state index contributed by atoms with van der Waals surface area (Å²) < 4.78 is 0. The third-order valence-corrected chi connectivity index (χ3v) is 3.21. The molecule has 1 N–H and O–H groups in total.